The molecule has 0 aromatic heterocycles. The molecular formula is C17H25Br2N5O3. The van der Waals surface area contributed by atoms with Gasteiger partial charge in [0.05, 0.1) is 15.6 Å². The van der Waals surface area contributed by atoms with Crippen LogP contribution in [0.25, 0.3) is 0 Å². The number of carbonyl (C=O) groups excluding carboxylic acids is 1. The van der Waals surface area contributed by atoms with Crippen LogP contribution in [0.4, 0.5) is 0 Å². The van der Waals surface area contributed by atoms with Crippen LogP contribution < -0.4 is 15.9 Å². The Labute approximate surface area is 175 Å². The summed E-state index contributed by atoms with van der Waals surface area (Å²) < 4.78 is 7.21. The van der Waals surface area contributed by atoms with E-state index in [2.05, 4.69) is 47.3 Å². The lowest BCUT2D eigenvalue weighted by Gasteiger charge is -2.32. The number of rotatable bonds is 8. The third-order valence-corrected chi connectivity index (χ3v) is 5.35. The van der Waals surface area contributed by atoms with Crippen molar-refractivity contribution in [1.82, 2.24) is 15.3 Å². The van der Waals surface area contributed by atoms with Gasteiger partial charge in [0.1, 0.15) is 11.5 Å². The van der Waals surface area contributed by atoms with Gasteiger partial charge in [0, 0.05) is 32.6 Å². The maximum Gasteiger partial charge on any atom is 0.283 e. The van der Waals surface area contributed by atoms with Gasteiger partial charge in [0.25, 0.3) is 5.91 Å². The first-order valence-corrected chi connectivity index (χ1v) is 10.3. The maximum absolute atomic E-state index is 12.4. The highest BCUT2D eigenvalue weighted by Gasteiger charge is 2.20. The van der Waals surface area contributed by atoms with Crippen LogP contribution in [0.1, 0.15) is 12.0 Å². The molecule has 0 atom stereocenters. The standard InChI is InChI=1S/C17H25Br2N5O3/c1-23-4-6-24(7-5-23)21-17(25)15(22-26)11-12-9-13(18)16(14(19)10-12)27-8-2-3-20/h9-10,26H,2-8,11,20H2,1H3,(H,21,25)/b22-15+. The summed E-state index contributed by atoms with van der Waals surface area (Å²) in [6.45, 7) is 4.28. The molecule has 1 aliphatic heterocycles. The number of oxime groups is 1. The molecule has 2 rings (SSSR count). The first-order valence-electron chi connectivity index (χ1n) is 8.70. The van der Waals surface area contributed by atoms with Gasteiger partial charge in [-0.3, -0.25) is 10.2 Å². The zero-order chi connectivity index (χ0) is 19.8. The monoisotopic (exact) mass is 505 g/mol. The van der Waals surface area contributed by atoms with Crippen molar-refractivity contribution in [3.8, 4) is 5.75 Å². The molecule has 1 heterocycles. The molecule has 0 unspecified atom stereocenters. The van der Waals surface area contributed by atoms with Gasteiger partial charge in [-0.15, -0.1) is 0 Å². The fraction of sp³-hybridized carbons (Fsp3) is 0.529. The van der Waals surface area contributed by atoms with E-state index in [9.17, 15) is 10.0 Å². The highest BCUT2D eigenvalue weighted by Crippen LogP contribution is 2.35. The number of hydrazine groups is 1. The number of halogens is 2. The molecule has 0 bridgehead atoms. The number of amides is 1. The number of nitrogens with zero attached hydrogens (tertiary/aromatic N) is 3. The fourth-order valence-electron chi connectivity index (χ4n) is 2.59. The Morgan fingerprint density at radius 2 is 1.93 bits per heavy atom. The predicted octanol–water partition coefficient (Wildman–Crippen LogP) is 1.59. The first-order chi connectivity index (χ1) is 12.9. The molecule has 1 saturated heterocycles. The van der Waals surface area contributed by atoms with Crippen molar-refractivity contribution in [2.75, 3.05) is 46.4 Å². The number of ether oxygens (including phenoxy) is 1. The summed E-state index contributed by atoms with van der Waals surface area (Å²) in [6, 6.07) is 3.69. The van der Waals surface area contributed by atoms with E-state index in [1.54, 1.807) is 0 Å². The van der Waals surface area contributed by atoms with Gasteiger partial charge in [-0.2, -0.15) is 0 Å². The Kier molecular flexibility index (Phi) is 8.97. The number of hydrogen-bond acceptors (Lipinski definition) is 7. The zero-order valence-corrected chi connectivity index (χ0v) is 18.4. The summed E-state index contributed by atoms with van der Waals surface area (Å²) in [5.41, 5.74) is 9.14. The van der Waals surface area contributed by atoms with E-state index in [4.69, 9.17) is 10.5 Å². The molecule has 0 aliphatic carbocycles. The van der Waals surface area contributed by atoms with Gasteiger partial charge in [-0.05, 0) is 69.6 Å². The van der Waals surface area contributed by atoms with Crippen molar-refractivity contribution in [3.63, 3.8) is 0 Å². The number of hydrogen-bond donors (Lipinski definition) is 3. The smallest absolute Gasteiger partial charge is 0.283 e. The average molecular weight is 507 g/mol. The van der Waals surface area contributed by atoms with E-state index >= 15 is 0 Å². The summed E-state index contributed by atoms with van der Waals surface area (Å²) in [4.78, 5) is 14.6. The van der Waals surface area contributed by atoms with E-state index < -0.39 is 5.91 Å². The minimum absolute atomic E-state index is 0.0459. The molecule has 0 saturated carbocycles. The number of likely N-dealkylation sites (N-methyl/N-ethyl adjacent to an activating group) is 1. The van der Waals surface area contributed by atoms with Gasteiger partial charge in [0.2, 0.25) is 0 Å². The summed E-state index contributed by atoms with van der Waals surface area (Å²) in [6.07, 6.45) is 0.949. The topological polar surface area (TPSA) is 103 Å². The van der Waals surface area contributed by atoms with Gasteiger partial charge in [0.15, 0.2) is 0 Å². The van der Waals surface area contributed by atoms with Gasteiger partial charge < -0.3 is 20.6 Å². The van der Waals surface area contributed by atoms with E-state index in [0.29, 0.717) is 18.9 Å². The second kappa shape index (κ2) is 11.0. The van der Waals surface area contributed by atoms with Gasteiger partial charge in [-0.1, -0.05) is 5.16 Å². The van der Waals surface area contributed by atoms with Crippen LogP contribution in [-0.4, -0.2) is 73.1 Å². The second-order valence-electron chi connectivity index (χ2n) is 6.33. The number of carbonyl (C=O) groups is 1. The van der Waals surface area contributed by atoms with Crippen molar-refractivity contribution in [2.24, 2.45) is 10.9 Å². The number of nitrogens with one attached hydrogen (secondary N) is 1. The molecule has 1 aromatic carbocycles. The fourth-order valence-corrected chi connectivity index (χ4v) is 4.10. The Morgan fingerprint density at radius 3 is 2.48 bits per heavy atom. The first kappa shape index (κ1) is 22.1. The normalized spacial score (nSPS) is 16.4. The van der Waals surface area contributed by atoms with Crippen LogP contribution in [0, 0.1) is 0 Å². The molecule has 0 spiro atoms. The summed E-state index contributed by atoms with van der Waals surface area (Å²) in [7, 11) is 2.04. The van der Waals surface area contributed by atoms with Crippen LogP contribution in [-0.2, 0) is 11.2 Å². The predicted molar refractivity (Wildman–Crippen MR) is 111 cm³/mol. The molecule has 10 heteroatoms. The van der Waals surface area contributed by atoms with Crippen LogP contribution >= 0.6 is 31.9 Å². The van der Waals surface area contributed by atoms with Crippen molar-refractivity contribution in [1.29, 1.82) is 0 Å². The molecule has 1 aliphatic rings. The van der Waals surface area contributed by atoms with Crippen molar-refractivity contribution in [2.45, 2.75) is 12.8 Å². The average Bonchev–Trinajstić information content (AvgIpc) is 2.63. The minimum atomic E-state index is -0.405. The minimum Gasteiger partial charge on any atom is -0.491 e. The number of nitrogens with two attached hydrogens (primary N) is 1. The quantitative estimate of drug-likeness (QED) is 0.214. The summed E-state index contributed by atoms with van der Waals surface area (Å²) >= 11 is 6.96. The second-order valence-corrected chi connectivity index (χ2v) is 8.04. The molecule has 1 amide bonds. The Morgan fingerprint density at radius 1 is 1.30 bits per heavy atom. The van der Waals surface area contributed by atoms with E-state index in [-0.39, 0.29) is 12.1 Å². The molecule has 150 valence electrons. The molecule has 4 N–H and O–H groups in total. The maximum atomic E-state index is 12.4. The highest BCUT2D eigenvalue weighted by atomic mass is 79.9. The van der Waals surface area contributed by atoms with Crippen molar-refractivity contribution in [3.05, 3.63) is 26.6 Å². The summed E-state index contributed by atoms with van der Waals surface area (Å²) in [5.74, 6) is 0.272. The lowest BCUT2D eigenvalue weighted by Crippen LogP contribution is -2.54. The van der Waals surface area contributed by atoms with E-state index in [1.807, 2.05) is 24.2 Å². The molecule has 8 nitrogen and oxygen atoms in total. The molecule has 0 radical (unpaired) electrons. The van der Waals surface area contributed by atoms with Crippen LogP contribution in [0.5, 0.6) is 5.75 Å². The van der Waals surface area contributed by atoms with E-state index in [1.165, 1.54) is 0 Å². The third kappa shape index (κ3) is 6.72. The molecular weight excluding hydrogens is 482 g/mol. The largest absolute Gasteiger partial charge is 0.491 e. The number of benzene rings is 1. The zero-order valence-electron chi connectivity index (χ0n) is 15.3. The van der Waals surface area contributed by atoms with Crippen LogP contribution in [0.15, 0.2) is 26.2 Å². The SMILES string of the molecule is CN1CCN(NC(=O)/C(Cc2cc(Br)c(OCCCN)c(Br)c2)=N/O)CC1. The van der Waals surface area contributed by atoms with Crippen LogP contribution in [0.2, 0.25) is 0 Å². The molecule has 27 heavy (non-hydrogen) atoms. The molecule has 1 aromatic rings. The van der Waals surface area contributed by atoms with Crippen molar-refractivity contribution >= 4 is 43.5 Å². The van der Waals surface area contributed by atoms with Gasteiger partial charge in [-0.25, -0.2) is 5.01 Å². The summed E-state index contributed by atoms with van der Waals surface area (Å²) in [5, 5.41) is 14.3. The Hall–Kier alpha value is -1.20. The lowest BCUT2D eigenvalue weighted by atomic mass is 10.1. The van der Waals surface area contributed by atoms with Gasteiger partial charge >= 0.3 is 0 Å². The van der Waals surface area contributed by atoms with Crippen molar-refractivity contribution < 1.29 is 14.7 Å². The Balaban J connectivity index is 2.00. The lowest BCUT2D eigenvalue weighted by molar-refractivity contribution is -0.120. The molecule has 1 fully saturated rings. The Bertz CT molecular complexity index is 656. The highest BCUT2D eigenvalue weighted by molar-refractivity contribution is 9.11. The van der Waals surface area contributed by atoms with E-state index in [0.717, 1.165) is 47.1 Å². The third-order valence-electron chi connectivity index (χ3n) is 4.17. The number of piperazine rings is 1. The van der Waals surface area contributed by atoms with Crippen LogP contribution in [0.3, 0.4) is 0 Å².